The maximum absolute atomic E-state index is 6.24. The minimum atomic E-state index is 0.111. The van der Waals surface area contributed by atoms with Crippen LogP contribution in [0.1, 0.15) is 185 Å². The van der Waals surface area contributed by atoms with Gasteiger partial charge in [-0.1, -0.05) is 146 Å². The molecule has 0 atom stereocenters. The molecule has 4 aromatic heterocycles. The highest BCUT2D eigenvalue weighted by Gasteiger charge is 2.51. The fourth-order valence-electron chi connectivity index (χ4n) is 16.8. The molecule has 2 aliphatic heterocycles. The van der Waals surface area contributed by atoms with Crippen LogP contribution in [0.5, 0.6) is 0 Å². The van der Waals surface area contributed by atoms with Gasteiger partial charge in [0.05, 0.1) is 51.2 Å². The maximum atomic E-state index is 6.24. The zero-order valence-electron chi connectivity index (χ0n) is 36.7. The van der Waals surface area contributed by atoms with Crippen molar-refractivity contribution in [2.45, 2.75) is 73.0 Å². The van der Waals surface area contributed by atoms with Crippen LogP contribution in [0.4, 0.5) is 0 Å². The molecule has 23 rings (SSSR count). The van der Waals surface area contributed by atoms with Crippen molar-refractivity contribution in [3.8, 4) is 0 Å². The second kappa shape index (κ2) is 11.2. The van der Waals surface area contributed by atoms with E-state index in [1.165, 1.54) is 144 Å². The molecule has 12 aliphatic rings. The third-order valence-electron chi connectivity index (χ3n) is 19.0. The lowest BCUT2D eigenvalue weighted by Gasteiger charge is -2.44. The molecular formula is C64H41N3. The van der Waals surface area contributed by atoms with Crippen LogP contribution in [-0.2, 0) is 0 Å². The normalized spacial score (nSPS) is 25.1. The van der Waals surface area contributed by atoms with Crippen LogP contribution < -0.4 is 0 Å². The number of aromatic nitrogens is 3. The zero-order chi connectivity index (χ0) is 42.7. The van der Waals surface area contributed by atoms with Crippen LogP contribution in [0.3, 0.4) is 0 Å². The van der Waals surface area contributed by atoms with Crippen molar-refractivity contribution in [3.63, 3.8) is 0 Å². The number of rotatable bonds is 0. The molecule has 67 heavy (non-hydrogen) atoms. The first-order valence-electron chi connectivity index (χ1n) is 25.0. The van der Waals surface area contributed by atoms with Crippen LogP contribution in [-0.4, -0.2) is 14.4 Å². The van der Waals surface area contributed by atoms with E-state index in [1.54, 1.807) is 5.56 Å². The lowest BCUT2D eigenvalue weighted by atomic mass is 9.59. The van der Waals surface area contributed by atoms with E-state index >= 15 is 0 Å². The molecule has 3 heteroatoms. The summed E-state index contributed by atoms with van der Waals surface area (Å²) in [6, 6.07) is 59.2. The SMILES string of the molecule is c1ccc2c(c1)C1c3ccccc3C2c2c1cc1c3c4c(nc5c3n3c6c(nc7c(c6c2c13)C1c2ccccc2C7c2ccccc21)C1CCC5CC1)C1c2ccccc2C4c2ccccc21. The van der Waals surface area contributed by atoms with Gasteiger partial charge >= 0.3 is 0 Å². The van der Waals surface area contributed by atoms with Gasteiger partial charge in [-0.25, -0.2) is 0 Å². The summed E-state index contributed by atoms with van der Waals surface area (Å²) < 4.78 is 2.84. The van der Waals surface area contributed by atoms with Crippen molar-refractivity contribution >= 4 is 38.1 Å². The standard InChI is InChI=1S/C64H41N3/c1-3-15-34-32(13-1)46-33-14-2-4-16-35(33)47(34)52-44(46)29-45-53-54-48-36-17-5-9-21-40(36)50(41-22-10-6-18-37(41)48)60(54)65-58-30-25-27-31(28-26-30)59-64-57(56(52)62(45)67(64)63(53)58)55-49-38-19-7-11-23-42(38)51(61(55)66-59)43-24-12-8-20-39(43)49/h1-24,29-31,46-51H,25-28H2. The van der Waals surface area contributed by atoms with E-state index < -0.39 is 0 Å². The van der Waals surface area contributed by atoms with Crippen LogP contribution in [0.2, 0.25) is 0 Å². The Labute approximate surface area is 387 Å². The molecule has 1 fully saturated rings. The van der Waals surface area contributed by atoms with Gasteiger partial charge in [0, 0.05) is 57.1 Å². The Kier molecular flexibility index (Phi) is 5.71. The molecule has 0 N–H and O–H groups in total. The molecule has 6 heterocycles. The average Bonchev–Trinajstić information content (AvgIpc) is 3.95. The summed E-state index contributed by atoms with van der Waals surface area (Å²) in [5.41, 5.74) is 33.1. The predicted octanol–water partition coefficient (Wildman–Crippen LogP) is 14.3. The molecule has 0 amide bonds. The average molecular weight is 852 g/mol. The highest BCUT2D eigenvalue weighted by atomic mass is 15.0. The van der Waals surface area contributed by atoms with Gasteiger partial charge in [0.25, 0.3) is 0 Å². The van der Waals surface area contributed by atoms with Gasteiger partial charge in [-0.15, -0.1) is 0 Å². The summed E-state index contributed by atoms with van der Waals surface area (Å²) in [5, 5.41) is 5.89. The third kappa shape index (κ3) is 3.60. The Bertz CT molecular complexity index is 4040. The lowest BCUT2D eigenvalue weighted by molar-refractivity contribution is 0.389. The highest BCUT2D eigenvalue weighted by Crippen LogP contribution is 2.66. The number of pyridine rings is 2. The topological polar surface area (TPSA) is 30.2 Å². The van der Waals surface area contributed by atoms with E-state index in [4.69, 9.17) is 9.97 Å². The molecule has 3 nitrogen and oxygen atoms in total. The van der Waals surface area contributed by atoms with Crippen molar-refractivity contribution in [2.24, 2.45) is 0 Å². The fourth-order valence-corrected chi connectivity index (χ4v) is 16.8. The lowest BCUT2D eigenvalue weighted by Crippen LogP contribution is -2.30. The highest BCUT2D eigenvalue weighted by molar-refractivity contribution is 6.28. The summed E-state index contributed by atoms with van der Waals surface area (Å²) in [7, 11) is 0. The van der Waals surface area contributed by atoms with E-state index in [-0.39, 0.29) is 35.5 Å². The van der Waals surface area contributed by atoms with Crippen molar-refractivity contribution in [2.75, 3.05) is 0 Å². The zero-order valence-corrected chi connectivity index (χ0v) is 36.7. The Morgan fingerprint density at radius 1 is 0.299 bits per heavy atom. The van der Waals surface area contributed by atoms with Crippen molar-refractivity contribution in [1.29, 1.82) is 0 Å². The summed E-state index contributed by atoms with van der Waals surface area (Å²) in [6.45, 7) is 0. The molecule has 10 aliphatic carbocycles. The summed E-state index contributed by atoms with van der Waals surface area (Å²) in [4.78, 5) is 12.4. The molecule has 0 spiro atoms. The van der Waals surface area contributed by atoms with Crippen LogP contribution in [0, 0.1) is 0 Å². The summed E-state index contributed by atoms with van der Waals surface area (Å²) in [5.74, 6) is 1.56. The molecule has 0 unspecified atom stereocenters. The molecular weight excluding hydrogens is 811 g/mol. The van der Waals surface area contributed by atoms with E-state index in [9.17, 15) is 0 Å². The van der Waals surface area contributed by atoms with E-state index in [2.05, 4.69) is 156 Å². The molecule has 1 saturated carbocycles. The Balaban J connectivity index is 1.08. The largest absolute Gasteiger partial charge is 0.304 e. The number of fused-ring (bicyclic) bond motifs is 4. The Hall–Kier alpha value is -7.36. The summed E-state index contributed by atoms with van der Waals surface area (Å²) >= 11 is 0. The molecule has 11 aromatic rings. The first-order chi connectivity index (χ1) is 33.3. The van der Waals surface area contributed by atoms with E-state index in [0.717, 1.165) is 25.7 Å². The molecule has 0 saturated heterocycles. The van der Waals surface area contributed by atoms with Crippen molar-refractivity contribution in [1.82, 2.24) is 14.4 Å². The molecule has 7 aromatic carbocycles. The smallest absolute Gasteiger partial charge is 0.0764 e. The Morgan fingerprint density at radius 2 is 0.612 bits per heavy atom. The van der Waals surface area contributed by atoms with Crippen LogP contribution >= 0.6 is 0 Å². The second-order valence-electron chi connectivity index (χ2n) is 21.4. The Morgan fingerprint density at radius 3 is 1.01 bits per heavy atom. The number of hydrogen-bond donors (Lipinski definition) is 0. The van der Waals surface area contributed by atoms with E-state index in [1.807, 2.05) is 0 Å². The van der Waals surface area contributed by atoms with Gasteiger partial charge in [-0.3, -0.25) is 9.97 Å². The summed E-state index contributed by atoms with van der Waals surface area (Å²) in [6.07, 6.45) is 4.60. The second-order valence-corrected chi connectivity index (χ2v) is 21.4. The van der Waals surface area contributed by atoms with Gasteiger partial charge in [-0.2, -0.15) is 0 Å². The number of nitrogens with zero attached hydrogens (tertiary/aromatic N) is 3. The quantitative estimate of drug-likeness (QED) is 0.152. The first kappa shape index (κ1) is 34.0. The van der Waals surface area contributed by atoms with Gasteiger partial charge in [0.1, 0.15) is 0 Å². The third-order valence-corrected chi connectivity index (χ3v) is 19.0. The molecule has 312 valence electrons. The van der Waals surface area contributed by atoms with Crippen molar-refractivity contribution in [3.05, 3.63) is 263 Å². The maximum Gasteiger partial charge on any atom is 0.0764 e. The minimum Gasteiger partial charge on any atom is -0.304 e. The van der Waals surface area contributed by atoms with Crippen LogP contribution in [0.15, 0.2) is 152 Å². The fraction of sp³-hybridized carbons (Fsp3) is 0.188. The van der Waals surface area contributed by atoms with Crippen LogP contribution in [0.25, 0.3) is 38.1 Å². The minimum absolute atomic E-state index is 0.111. The molecule has 8 bridgehead atoms. The monoisotopic (exact) mass is 851 g/mol. The predicted molar refractivity (Wildman–Crippen MR) is 265 cm³/mol. The van der Waals surface area contributed by atoms with Gasteiger partial charge < -0.3 is 4.40 Å². The van der Waals surface area contributed by atoms with Gasteiger partial charge in [0.15, 0.2) is 0 Å². The first-order valence-corrected chi connectivity index (χ1v) is 25.0. The number of benzene rings is 7. The van der Waals surface area contributed by atoms with E-state index in [0.29, 0.717) is 11.8 Å². The molecule has 0 radical (unpaired) electrons. The van der Waals surface area contributed by atoms with Crippen molar-refractivity contribution < 1.29 is 0 Å². The number of hydrogen-bond acceptors (Lipinski definition) is 2. The van der Waals surface area contributed by atoms with Gasteiger partial charge in [-0.05, 0) is 121 Å². The van der Waals surface area contributed by atoms with Gasteiger partial charge in [0.2, 0.25) is 0 Å².